The van der Waals surface area contributed by atoms with Crippen LogP contribution in [0, 0.1) is 23.2 Å². The van der Waals surface area contributed by atoms with Crippen molar-refractivity contribution >= 4 is 5.71 Å². The predicted octanol–water partition coefficient (Wildman–Crippen LogP) is 6.23. The molecule has 1 heteroatoms. The molecule has 0 saturated heterocycles. The van der Waals surface area contributed by atoms with E-state index in [0.29, 0.717) is 0 Å². The second-order valence-corrected chi connectivity index (χ2v) is 6.27. The molecular weight excluding hydrogens is 230 g/mol. The Morgan fingerprint density at radius 3 is 1.53 bits per heavy atom. The monoisotopic (exact) mass is 269 g/mol. The summed E-state index contributed by atoms with van der Waals surface area (Å²) in [5.74, 6) is 3.46. The molecule has 0 aliphatic heterocycles. The van der Waals surface area contributed by atoms with Crippen LogP contribution in [-0.2, 0) is 0 Å². The quantitative estimate of drug-likeness (QED) is 0.462. The van der Waals surface area contributed by atoms with Crippen molar-refractivity contribution in [2.24, 2.45) is 28.2 Å². The van der Waals surface area contributed by atoms with E-state index in [-0.39, 0.29) is 5.41 Å². The summed E-state index contributed by atoms with van der Waals surface area (Å²) < 4.78 is 0. The molecule has 0 bridgehead atoms. The highest BCUT2D eigenvalue weighted by molar-refractivity contribution is 5.86. The zero-order valence-electron chi connectivity index (χ0n) is 15.3. The van der Waals surface area contributed by atoms with Crippen LogP contribution < -0.4 is 0 Å². The van der Waals surface area contributed by atoms with Crippen LogP contribution in [-0.4, -0.2) is 12.8 Å². The number of hydrogen-bond donors (Lipinski definition) is 0. The van der Waals surface area contributed by atoms with Gasteiger partial charge in [0.2, 0.25) is 0 Å². The van der Waals surface area contributed by atoms with Gasteiger partial charge in [-0.3, -0.25) is 4.99 Å². The number of hydrogen-bond acceptors (Lipinski definition) is 1. The van der Waals surface area contributed by atoms with Crippen LogP contribution in [0.4, 0.5) is 0 Å². The molecule has 0 aromatic heterocycles. The summed E-state index contributed by atoms with van der Waals surface area (Å²) in [6.07, 6.45) is 4.64. The molecular formula is C18H39N. The number of fused-ring (bicyclic) bond motifs is 1. The standard InChI is InChI=1S/C7H15N.C7H12.2C2H6/c1-6(8-5)7(2,3)4;1-5-2-3-6-4-7(5)6;2*1-2/h1-5H3;5-7H,2-4H2,1H3;2*1-2H3. The van der Waals surface area contributed by atoms with Gasteiger partial charge >= 0.3 is 0 Å². The molecule has 1 nitrogen and oxygen atoms in total. The van der Waals surface area contributed by atoms with Crippen molar-refractivity contribution in [1.29, 1.82) is 0 Å². The van der Waals surface area contributed by atoms with Crippen molar-refractivity contribution in [3.63, 3.8) is 0 Å². The third kappa shape index (κ3) is 8.44. The van der Waals surface area contributed by atoms with Crippen molar-refractivity contribution in [1.82, 2.24) is 0 Å². The van der Waals surface area contributed by atoms with Gasteiger partial charge < -0.3 is 0 Å². The summed E-state index contributed by atoms with van der Waals surface area (Å²) in [5.41, 5.74) is 1.46. The van der Waals surface area contributed by atoms with Gasteiger partial charge in [0, 0.05) is 12.8 Å². The lowest BCUT2D eigenvalue weighted by atomic mass is 9.91. The fourth-order valence-corrected chi connectivity index (χ4v) is 2.33. The van der Waals surface area contributed by atoms with Crippen LogP contribution in [0.15, 0.2) is 4.99 Å². The van der Waals surface area contributed by atoms with Gasteiger partial charge in [-0.15, -0.1) is 0 Å². The first-order valence-electron chi connectivity index (χ1n) is 8.30. The van der Waals surface area contributed by atoms with E-state index in [2.05, 4.69) is 39.6 Å². The molecule has 0 aromatic carbocycles. The van der Waals surface area contributed by atoms with Crippen LogP contribution in [0.2, 0.25) is 0 Å². The Bertz CT molecular complexity index is 235. The first-order valence-corrected chi connectivity index (χ1v) is 8.30. The molecule has 0 amide bonds. The highest BCUT2D eigenvalue weighted by Crippen LogP contribution is 2.54. The number of aliphatic imine (C=N–C) groups is 1. The van der Waals surface area contributed by atoms with Gasteiger partial charge in [0.25, 0.3) is 0 Å². The van der Waals surface area contributed by atoms with Crippen LogP contribution in [0.25, 0.3) is 0 Å². The van der Waals surface area contributed by atoms with E-state index >= 15 is 0 Å². The van der Waals surface area contributed by atoms with E-state index < -0.39 is 0 Å². The molecule has 19 heavy (non-hydrogen) atoms. The maximum atomic E-state index is 4.08. The van der Waals surface area contributed by atoms with E-state index in [1.165, 1.54) is 24.0 Å². The molecule has 0 radical (unpaired) electrons. The average molecular weight is 270 g/mol. The summed E-state index contributed by atoms with van der Waals surface area (Å²) in [5, 5.41) is 0. The molecule has 0 N–H and O–H groups in total. The van der Waals surface area contributed by atoms with E-state index in [1.807, 2.05) is 34.7 Å². The van der Waals surface area contributed by atoms with Crippen LogP contribution in [0.3, 0.4) is 0 Å². The SMILES string of the molecule is CC.CC.CC1CCC2CC12.CN=C(C)C(C)(C)C. The van der Waals surface area contributed by atoms with Crippen molar-refractivity contribution in [3.05, 3.63) is 0 Å². The van der Waals surface area contributed by atoms with E-state index in [9.17, 15) is 0 Å². The van der Waals surface area contributed by atoms with E-state index in [1.54, 1.807) is 12.8 Å². The Hall–Kier alpha value is -0.330. The molecule has 2 saturated carbocycles. The Labute approximate surface area is 123 Å². The maximum absolute atomic E-state index is 4.08. The van der Waals surface area contributed by atoms with Crippen LogP contribution in [0.5, 0.6) is 0 Å². The largest absolute Gasteiger partial charge is 0.297 e. The highest BCUT2D eigenvalue weighted by atomic mass is 14.7. The zero-order chi connectivity index (χ0) is 15.6. The topological polar surface area (TPSA) is 12.4 Å². The third-order valence-electron chi connectivity index (χ3n) is 4.12. The highest BCUT2D eigenvalue weighted by Gasteiger charge is 2.45. The van der Waals surface area contributed by atoms with Crippen molar-refractivity contribution in [2.45, 2.75) is 81.6 Å². The van der Waals surface area contributed by atoms with Crippen LogP contribution in [0.1, 0.15) is 81.6 Å². The molecule has 0 spiro atoms. The minimum absolute atomic E-state index is 0.259. The van der Waals surface area contributed by atoms with Gasteiger partial charge in [-0.1, -0.05) is 61.8 Å². The minimum atomic E-state index is 0.259. The lowest BCUT2D eigenvalue weighted by Gasteiger charge is -2.16. The first kappa shape index (κ1) is 21.0. The minimum Gasteiger partial charge on any atom is -0.297 e. The molecule has 2 rings (SSSR count). The van der Waals surface area contributed by atoms with Gasteiger partial charge in [0.15, 0.2) is 0 Å². The Balaban J connectivity index is 0. The summed E-state index contributed by atoms with van der Waals surface area (Å²) in [7, 11) is 1.83. The fourth-order valence-electron chi connectivity index (χ4n) is 2.33. The Morgan fingerprint density at radius 1 is 1.00 bits per heavy atom. The van der Waals surface area contributed by atoms with Gasteiger partial charge in [0.1, 0.15) is 0 Å². The maximum Gasteiger partial charge on any atom is 0.0276 e. The molecule has 116 valence electrons. The molecule has 2 fully saturated rings. The Morgan fingerprint density at radius 2 is 1.47 bits per heavy atom. The van der Waals surface area contributed by atoms with Gasteiger partial charge in [-0.2, -0.15) is 0 Å². The fraction of sp³-hybridized carbons (Fsp3) is 0.944. The second kappa shape index (κ2) is 10.5. The molecule has 0 aromatic rings. The lowest BCUT2D eigenvalue weighted by Crippen LogP contribution is -2.16. The zero-order valence-corrected chi connectivity index (χ0v) is 15.3. The Kier molecular flexibility index (Phi) is 11.5. The summed E-state index contributed by atoms with van der Waals surface area (Å²) in [6.45, 7) is 18.9. The first-order chi connectivity index (χ1) is 8.86. The van der Waals surface area contributed by atoms with Gasteiger partial charge in [-0.05, 0) is 42.9 Å². The van der Waals surface area contributed by atoms with Gasteiger partial charge in [0.05, 0.1) is 0 Å². The summed E-state index contributed by atoms with van der Waals surface area (Å²) in [4.78, 5) is 4.08. The average Bonchev–Trinajstić information content (AvgIpc) is 3.11. The predicted molar refractivity (Wildman–Crippen MR) is 91.2 cm³/mol. The number of rotatable bonds is 0. The van der Waals surface area contributed by atoms with Crippen molar-refractivity contribution in [3.8, 4) is 0 Å². The number of nitrogens with zero attached hydrogens (tertiary/aromatic N) is 1. The van der Waals surface area contributed by atoms with Crippen molar-refractivity contribution < 1.29 is 0 Å². The second-order valence-electron chi connectivity index (χ2n) is 6.27. The van der Waals surface area contributed by atoms with E-state index in [0.717, 1.165) is 5.92 Å². The molecule has 0 heterocycles. The molecule has 2 aliphatic carbocycles. The van der Waals surface area contributed by atoms with E-state index in [4.69, 9.17) is 0 Å². The normalized spacial score (nSPS) is 27.7. The molecule has 3 atom stereocenters. The summed E-state index contributed by atoms with van der Waals surface area (Å²) >= 11 is 0. The third-order valence-corrected chi connectivity index (χ3v) is 4.12. The van der Waals surface area contributed by atoms with Crippen LogP contribution >= 0.6 is 0 Å². The summed E-state index contributed by atoms with van der Waals surface area (Å²) in [6, 6.07) is 0. The molecule has 2 aliphatic rings. The van der Waals surface area contributed by atoms with Gasteiger partial charge in [-0.25, -0.2) is 0 Å². The smallest absolute Gasteiger partial charge is 0.0276 e. The molecule has 3 unspecified atom stereocenters. The lowest BCUT2D eigenvalue weighted by molar-refractivity contribution is 0.530. The van der Waals surface area contributed by atoms with Crippen molar-refractivity contribution in [2.75, 3.05) is 7.05 Å².